The second kappa shape index (κ2) is 13.5. The monoisotopic (exact) mass is 306 g/mol. The Balaban J connectivity index is 2.01. The van der Waals surface area contributed by atoms with Crippen molar-refractivity contribution in [3.63, 3.8) is 0 Å². The van der Waals surface area contributed by atoms with Gasteiger partial charge in [-0.3, -0.25) is 0 Å². The van der Waals surface area contributed by atoms with Gasteiger partial charge in [-0.15, -0.1) is 6.58 Å². The summed E-state index contributed by atoms with van der Waals surface area (Å²) < 4.78 is 16.4. The molecule has 1 atom stereocenters. The van der Waals surface area contributed by atoms with Crippen LogP contribution in [-0.4, -0.2) is 26.6 Å². The normalized spacial score (nSPS) is 12.2. The van der Waals surface area contributed by atoms with Crippen LogP contribution in [0.1, 0.15) is 44.1 Å². The van der Waals surface area contributed by atoms with Gasteiger partial charge in [0.2, 0.25) is 0 Å². The Morgan fingerprint density at radius 3 is 2.64 bits per heavy atom. The first-order valence-electron chi connectivity index (χ1n) is 8.20. The molecule has 0 aromatic heterocycles. The molecule has 0 aliphatic rings. The van der Waals surface area contributed by atoms with Crippen molar-refractivity contribution in [2.75, 3.05) is 20.5 Å². The van der Waals surface area contributed by atoms with Gasteiger partial charge in [-0.25, -0.2) is 0 Å². The number of unbranched alkanes of at least 4 members (excludes halogenated alkanes) is 2. The summed E-state index contributed by atoms with van der Waals surface area (Å²) in [6.07, 6.45) is 8.77. The topological polar surface area (TPSA) is 27.7 Å². The SMILES string of the molecule is C=CCC[C@@H](CCCCCOCc1ccccc1)OCOC. The van der Waals surface area contributed by atoms with Crippen LogP contribution < -0.4 is 0 Å². The maximum Gasteiger partial charge on any atom is 0.146 e. The fourth-order valence-corrected chi connectivity index (χ4v) is 2.30. The lowest BCUT2D eigenvalue weighted by Crippen LogP contribution is -2.14. The van der Waals surface area contributed by atoms with Crippen LogP contribution in [0.25, 0.3) is 0 Å². The van der Waals surface area contributed by atoms with E-state index < -0.39 is 0 Å². The lowest BCUT2D eigenvalue weighted by Gasteiger charge is -2.16. The van der Waals surface area contributed by atoms with Crippen molar-refractivity contribution < 1.29 is 14.2 Å². The highest BCUT2D eigenvalue weighted by Gasteiger charge is 2.07. The fourth-order valence-electron chi connectivity index (χ4n) is 2.30. The zero-order valence-corrected chi connectivity index (χ0v) is 13.8. The molecule has 0 saturated carbocycles. The summed E-state index contributed by atoms with van der Waals surface area (Å²) in [6.45, 7) is 5.67. The summed E-state index contributed by atoms with van der Waals surface area (Å²) in [4.78, 5) is 0. The highest BCUT2D eigenvalue weighted by atomic mass is 16.7. The molecule has 0 radical (unpaired) electrons. The third-order valence-electron chi connectivity index (χ3n) is 3.54. The molecule has 0 heterocycles. The molecule has 0 amide bonds. The molecule has 0 unspecified atom stereocenters. The third-order valence-corrected chi connectivity index (χ3v) is 3.54. The Bertz CT molecular complexity index is 364. The minimum absolute atomic E-state index is 0.281. The Labute approximate surface area is 135 Å². The van der Waals surface area contributed by atoms with Crippen LogP contribution in [0, 0.1) is 0 Å². The van der Waals surface area contributed by atoms with Crippen molar-refractivity contribution in [2.45, 2.75) is 51.2 Å². The summed E-state index contributed by atoms with van der Waals surface area (Å²) in [5.41, 5.74) is 1.24. The summed E-state index contributed by atoms with van der Waals surface area (Å²) in [5.74, 6) is 0. The van der Waals surface area contributed by atoms with Gasteiger partial charge in [0.05, 0.1) is 12.7 Å². The third kappa shape index (κ3) is 9.72. The molecule has 3 nitrogen and oxygen atoms in total. The molecule has 0 aliphatic heterocycles. The number of methoxy groups -OCH3 is 1. The van der Waals surface area contributed by atoms with E-state index in [0.29, 0.717) is 13.4 Å². The van der Waals surface area contributed by atoms with Crippen LogP contribution in [0.5, 0.6) is 0 Å². The molecular weight excluding hydrogens is 276 g/mol. The van der Waals surface area contributed by atoms with Crippen molar-refractivity contribution in [3.05, 3.63) is 48.6 Å². The van der Waals surface area contributed by atoms with E-state index in [-0.39, 0.29) is 6.10 Å². The second-order valence-corrected chi connectivity index (χ2v) is 5.45. The smallest absolute Gasteiger partial charge is 0.146 e. The number of hydrogen-bond donors (Lipinski definition) is 0. The second-order valence-electron chi connectivity index (χ2n) is 5.45. The molecule has 3 heteroatoms. The molecule has 0 N–H and O–H groups in total. The largest absolute Gasteiger partial charge is 0.377 e. The molecule has 0 aliphatic carbocycles. The van der Waals surface area contributed by atoms with Crippen molar-refractivity contribution in [3.8, 4) is 0 Å². The van der Waals surface area contributed by atoms with Gasteiger partial charge in [-0.05, 0) is 31.2 Å². The average Bonchev–Trinajstić information content (AvgIpc) is 2.56. The van der Waals surface area contributed by atoms with E-state index in [0.717, 1.165) is 32.3 Å². The Kier molecular flexibility index (Phi) is 11.6. The highest BCUT2D eigenvalue weighted by molar-refractivity contribution is 5.13. The van der Waals surface area contributed by atoms with Crippen molar-refractivity contribution in [2.24, 2.45) is 0 Å². The Hall–Kier alpha value is -1.16. The van der Waals surface area contributed by atoms with E-state index in [9.17, 15) is 0 Å². The lowest BCUT2D eigenvalue weighted by atomic mass is 10.1. The van der Waals surface area contributed by atoms with E-state index in [4.69, 9.17) is 14.2 Å². The Morgan fingerprint density at radius 1 is 1.09 bits per heavy atom. The zero-order chi connectivity index (χ0) is 15.9. The number of hydrogen-bond acceptors (Lipinski definition) is 3. The van der Waals surface area contributed by atoms with E-state index in [1.807, 2.05) is 24.3 Å². The zero-order valence-electron chi connectivity index (χ0n) is 13.8. The van der Waals surface area contributed by atoms with E-state index in [1.54, 1.807) is 7.11 Å². The minimum Gasteiger partial charge on any atom is -0.377 e. The van der Waals surface area contributed by atoms with Crippen LogP contribution >= 0.6 is 0 Å². The molecule has 124 valence electrons. The van der Waals surface area contributed by atoms with Crippen LogP contribution in [0.2, 0.25) is 0 Å². The molecule has 1 rings (SSSR count). The van der Waals surface area contributed by atoms with E-state index in [1.165, 1.54) is 18.4 Å². The standard InChI is InChI=1S/C19H30O3/c1-3-4-13-19(22-17-20-2)14-9-6-10-15-21-16-18-11-7-5-8-12-18/h3,5,7-8,11-12,19H,1,4,6,9-10,13-17H2,2H3/t19-/m0/s1. The molecule has 0 saturated heterocycles. The highest BCUT2D eigenvalue weighted by Crippen LogP contribution is 2.13. The molecular formula is C19H30O3. The van der Waals surface area contributed by atoms with E-state index >= 15 is 0 Å². The predicted molar refractivity (Wildman–Crippen MR) is 90.7 cm³/mol. The summed E-state index contributed by atoms with van der Waals surface area (Å²) in [7, 11) is 1.66. The first-order valence-corrected chi connectivity index (χ1v) is 8.20. The molecule has 0 bridgehead atoms. The molecule has 0 spiro atoms. The van der Waals surface area contributed by atoms with Crippen molar-refractivity contribution in [1.29, 1.82) is 0 Å². The van der Waals surface area contributed by atoms with Gasteiger partial charge in [0, 0.05) is 13.7 Å². The quantitative estimate of drug-likeness (QED) is 0.283. The first-order chi connectivity index (χ1) is 10.9. The van der Waals surface area contributed by atoms with Crippen LogP contribution in [0.3, 0.4) is 0 Å². The summed E-state index contributed by atoms with van der Waals surface area (Å²) in [6, 6.07) is 10.3. The number of ether oxygens (including phenoxy) is 3. The molecule has 1 aromatic carbocycles. The van der Waals surface area contributed by atoms with Gasteiger partial charge >= 0.3 is 0 Å². The minimum atomic E-state index is 0.281. The van der Waals surface area contributed by atoms with Gasteiger partial charge in [-0.1, -0.05) is 49.2 Å². The van der Waals surface area contributed by atoms with Gasteiger partial charge in [0.15, 0.2) is 0 Å². The van der Waals surface area contributed by atoms with Gasteiger partial charge in [-0.2, -0.15) is 0 Å². The molecule has 0 fully saturated rings. The Morgan fingerprint density at radius 2 is 1.91 bits per heavy atom. The van der Waals surface area contributed by atoms with Crippen molar-refractivity contribution in [1.82, 2.24) is 0 Å². The maximum absolute atomic E-state index is 5.69. The number of allylic oxidation sites excluding steroid dienone is 1. The lowest BCUT2D eigenvalue weighted by molar-refractivity contribution is -0.0767. The number of rotatable bonds is 14. The molecule has 22 heavy (non-hydrogen) atoms. The van der Waals surface area contributed by atoms with Crippen LogP contribution in [0.4, 0.5) is 0 Å². The summed E-state index contributed by atoms with van der Waals surface area (Å²) in [5, 5.41) is 0. The predicted octanol–water partition coefficient (Wildman–Crippen LogP) is 4.72. The fraction of sp³-hybridized carbons (Fsp3) is 0.579. The number of benzene rings is 1. The van der Waals surface area contributed by atoms with Crippen molar-refractivity contribution >= 4 is 0 Å². The van der Waals surface area contributed by atoms with Gasteiger partial charge in [0.25, 0.3) is 0 Å². The van der Waals surface area contributed by atoms with Gasteiger partial charge in [0.1, 0.15) is 6.79 Å². The molecule has 1 aromatic rings. The average molecular weight is 306 g/mol. The summed E-state index contributed by atoms with van der Waals surface area (Å²) >= 11 is 0. The van der Waals surface area contributed by atoms with Gasteiger partial charge < -0.3 is 14.2 Å². The van der Waals surface area contributed by atoms with E-state index in [2.05, 4.69) is 18.7 Å². The maximum atomic E-state index is 5.69. The van der Waals surface area contributed by atoms with Crippen LogP contribution in [-0.2, 0) is 20.8 Å². The van der Waals surface area contributed by atoms with Crippen LogP contribution in [0.15, 0.2) is 43.0 Å². The first kappa shape index (κ1) is 18.9.